The molecule has 3 aromatic heterocycles. The van der Waals surface area contributed by atoms with Crippen molar-refractivity contribution in [2.45, 2.75) is 0 Å². The molecule has 5 aromatic rings. The molecule has 0 bridgehead atoms. The number of carbonyl (C=O) groups is 3. The molecule has 0 spiro atoms. The predicted molar refractivity (Wildman–Crippen MR) is 129 cm³/mol. The summed E-state index contributed by atoms with van der Waals surface area (Å²) in [6, 6.07) is 15.8. The number of hydrogen-bond donors (Lipinski definition) is 0. The maximum Gasteiger partial charge on any atom is 0.341 e. The maximum absolute atomic E-state index is 14.0. The zero-order valence-electron chi connectivity index (χ0n) is 19.1. The van der Waals surface area contributed by atoms with Gasteiger partial charge in [0.25, 0.3) is 5.69 Å². The Morgan fingerprint density at radius 1 is 0.889 bits per heavy atom. The van der Waals surface area contributed by atoms with Crippen molar-refractivity contribution in [2.75, 3.05) is 14.2 Å². The summed E-state index contributed by atoms with van der Waals surface area (Å²) in [5.41, 5.74) is 0.218. The first-order chi connectivity index (χ1) is 17.4. The number of methoxy groups -OCH3 is 2. The highest BCUT2D eigenvalue weighted by molar-refractivity contribution is 6.21. The Bertz CT molecular complexity index is 1750. The summed E-state index contributed by atoms with van der Waals surface area (Å²) in [5.74, 6) is -2.50. The van der Waals surface area contributed by atoms with Crippen LogP contribution in [0.5, 0.6) is 0 Å². The SMILES string of the molecule is COC(=O)c1c(C(=O)OC)c2ccc3ccc4cccnc4c3n2c1C(=O)c1cccc([N+](=O)[O-])c1. The molecule has 178 valence electrons. The van der Waals surface area contributed by atoms with E-state index in [2.05, 4.69) is 4.98 Å². The molecule has 0 aliphatic rings. The van der Waals surface area contributed by atoms with Crippen LogP contribution in [0.1, 0.15) is 36.8 Å². The van der Waals surface area contributed by atoms with Gasteiger partial charge in [-0.15, -0.1) is 0 Å². The predicted octanol–water partition coefficient (Wildman–Crippen LogP) is 4.35. The normalized spacial score (nSPS) is 11.1. The first-order valence-electron chi connectivity index (χ1n) is 10.7. The van der Waals surface area contributed by atoms with Gasteiger partial charge in [-0.05, 0) is 12.1 Å². The van der Waals surface area contributed by atoms with Crippen molar-refractivity contribution < 1.29 is 28.8 Å². The maximum atomic E-state index is 14.0. The van der Waals surface area contributed by atoms with Crippen LogP contribution >= 0.6 is 0 Å². The standard InChI is InChI=1S/C26H17N3O7/c1-35-25(31)19-18-11-10-15-9-8-14-6-4-12-27-21(14)22(15)28(18)23(20(19)26(32)36-2)24(30)16-5-3-7-17(13-16)29(33)34/h3-13H,1-2H3. The zero-order chi connectivity index (χ0) is 25.6. The van der Waals surface area contributed by atoms with E-state index >= 15 is 0 Å². The van der Waals surface area contributed by atoms with Crippen molar-refractivity contribution in [3.63, 3.8) is 0 Å². The molecule has 3 heterocycles. The van der Waals surface area contributed by atoms with Crippen LogP contribution in [0.25, 0.3) is 27.3 Å². The third-order valence-corrected chi connectivity index (χ3v) is 5.94. The van der Waals surface area contributed by atoms with Crippen LogP contribution in [-0.2, 0) is 9.47 Å². The molecule has 36 heavy (non-hydrogen) atoms. The lowest BCUT2D eigenvalue weighted by atomic mass is 10.0. The summed E-state index contributed by atoms with van der Waals surface area (Å²) in [4.78, 5) is 55.1. The average molecular weight is 483 g/mol. The Balaban J connectivity index is 2.01. The molecule has 0 aliphatic carbocycles. The first-order valence-corrected chi connectivity index (χ1v) is 10.7. The Morgan fingerprint density at radius 3 is 2.31 bits per heavy atom. The number of aromatic nitrogens is 2. The minimum Gasteiger partial charge on any atom is -0.465 e. The molecule has 0 unspecified atom stereocenters. The summed E-state index contributed by atoms with van der Waals surface area (Å²) in [6.45, 7) is 0. The van der Waals surface area contributed by atoms with E-state index in [9.17, 15) is 24.5 Å². The van der Waals surface area contributed by atoms with Gasteiger partial charge in [0.2, 0.25) is 5.78 Å². The van der Waals surface area contributed by atoms with E-state index in [1.165, 1.54) is 22.6 Å². The van der Waals surface area contributed by atoms with E-state index < -0.39 is 22.6 Å². The minimum absolute atomic E-state index is 0.0460. The quantitative estimate of drug-likeness (QED) is 0.119. The smallest absolute Gasteiger partial charge is 0.341 e. The van der Waals surface area contributed by atoms with Gasteiger partial charge in [-0.2, -0.15) is 0 Å². The van der Waals surface area contributed by atoms with Crippen LogP contribution in [0, 0.1) is 10.1 Å². The molecule has 10 heteroatoms. The molecule has 0 fully saturated rings. The average Bonchev–Trinajstić information content (AvgIpc) is 3.26. The molecule has 0 saturated carbocycles. The van der Waals surface area contributed by atoms with Gasteiger partial charge in [-0.3, -0.25) is 19.9 Å². The van der Waals surface area contributed by atoms with Gasteiger partial charge in [0.05, 0.1) is 35.7 Å². The van der Waals surface area contributed by atoms with Gasteiger partial charge in [0, 0.05) is 34.7 Å². The number of esters is 2. The number of non-ortho nitro benzene ring substituents is 1. The second-order valence-corrected chi connectivity index (χ2v) is 7.85. The van der Waals surface area contributed by atoms with E-state index in [1.54, 1.807) is 24.4 Å². The fourth-order valence-corrected chi connectivity index (χ4v) is 4.39. The number of carbonyl (C=O) groups excluding carboxylic acids is 3. The van der Waals surface area contributed by atoms with E-state index in [-0.39, 0.29) is 33.6 Å². The van der Waals surface area contributed by atoms with Gasteiger partial charge < -0.3 is 13.9 Å². The number of nitro benzene ring substituents is 1. The third kappa shape index (κ3) is 3.35. The molecular formula is C26H17N3O7. The highest BCUT2D eigenvalue weighted by Gasteiger charge is 2.34. The number of ketones is 1. The van der Waals surface area contributed by atoms with Crippen LogP contribution < -0.4 is 0 Å². The number of nitrogens with zero attached hydrogens (tertiary/aromatic N) is 3. The van der Waals surface area contributed by atoms with Gasteiger partial charge >= 0.3 is 11.9 Å². The van der Waals surface area contributed by atoms with Crippen LogP contribution in [0.2, 0.25) is 0 Å². The van der Waals surface area contributed by atoms with Gasteiger partial charge in [0.15, 0.2) is 0 Å². The van der Waals surface area contributed by atoms with Crippen molar-refractivity contribution in [2.24, 2.45) is 0 Å². The van der Waals surface area contributed by atoms with Crippen molar-refractivity contribution in [3.05, 3.63) is 99.4 Å². The number of fused-ring (bicyclic) bond motifs is 5. The number of benzene rings is 2. The first kappa shape index (κ1) is 22.7. The molecule has 0 atom stereocenters. The summed E-state index contributed by atoms with van der Waals surface area (Å²) < 4.78 is 11.4. The van der Waals surface area contributed by atoms with Crippen LogP contribution in [0.15, 0.2) is 66.9 Å². The second kappa shape index (κ2) is 8.58. The van der Waals surface area contributed by atoms with Crippen LogP contribution in [-0.4, -0.2) is 46.2 Å². The lowest BCUT2D eigenvalue weighted by Crippen LogP contribution is -2.15. The number of pyridine rings is 2. The largest absolute Gasteiger partial charge is 0.465 e. The number of nitro groups is 1. The Hall–Kier alpha value is -5.12. The molecule has 0 saturated heterocycles. The number of hydrogen-bond acceptors (Lipinski definition) is 8. The van der Waals surface area contributed by atoms with Crippen LogP contribution in [0.4, 0.5) is 5.69 Å². The number of ether oxygens (including phenoxy) is 2. The summed E-state index contributed by atoms with van der Waals surface area (Å²) in [7, 11) is 2.29. The molecule has 10 nitrogen and oxygen atoms in total. The lowest BCUT2D eigenvalue weighted by molar-refractivity contribution is -0.384. The van der Waals surface area contributed by atoms with Crippen molar-refractivity contribution in [1.29, 1.82) is 0 Å². The Morgan fingerprint density at radius 2 is 1.58 bits per heavy atom. The molecule has 0 N–H and O–H groups in total. The van der Waals surface area contributed by atoms with E-state index in [4.69, 9.17) is 9.47 Å². The molecule has 0 aliphatic heterocycles. The minimum atomic E-state index is -0.936. The molecular weight excluding hydrogens is 466 g/mol. The van der Waals surface area contributed by atoms with Gasteiger partial charge in [0.1, 0.15) is 16.8 Å². The van der Waals surface area contributed by atoms with Crippen molar-refractivity contribution in [1.82, 2.24) is 9.38 Å². The Kier molecular flexibility index (Phi) is 5.40. The second-order valence-electron chi connectivity index (χ2n) is 7.85. The lowest BCUT2D eigenvalue weighted by Gasteiger charge is -2.10. The molecule has 0 radical (unpaired) electrons. The topological polar surface area (TPSA) is 130 Å². The van der Waals surface area contributed by atoms with E-state index in [0.717, 1.165) is 25.7 Å². The molecule has 0 amide bonds. The molecule has 5 rings (SSSR count). The Labute approximate surface area is 202 Å². The molecule has 2 aromatic carbocycles. The highest BCUT2D eigenvalue weighted by Crippen LogP contribution is 2.34. The fourth-order valence-electron chi connectivity index (χ4n) is 4.39. The third-order valence-electron chi connectivity index (χ3n) is 5.94. The monoisotopic (exact) mass is 483 g/mol. The van der Waals surface area contributed by atoms with Gasteiger partial charge in [-0.1, -0.05) is 36.4 Å². The highest BCUT2D eigenvalue weighted by atomic mass is 16.6. The summed E-state index contributed by atoms with van der Waals surface area (Å²) >= 11 is 0. The van der Waals surface area contributed by atoms with Crippen molar-refractivity contribution in [3.8, 4) is 0 Å². The van der Waals surface area contributed by atoms with Gasteiger partial charge in [-0.25, -0.2) is 9.59 Å². The summed E-state index contributed by atoms with van der Waals surface area (Å²) in [5, 5.41) is 12.8. The van der Waals surface area contributed by atoms with E-state index in [1.807, 2.05) is 18.2 Å². The van der Waals surface area contributed by atoms with E-state index in [0.29, 0.717) is 16.4 Å². The summed E-state index contributed by atoms with van der Waals surface area (Å²) in [6.07, 6.45) is 1.59. The zero-order valence-corrected chi connectivity index (χ0v) is 19.1. The number of rotatable bonds is 5. The van der Waals surface area contributed by atoms with Crippen molar-refractivity contribution >= 4 is 50.7 Å². The fraction of sp³-hybridized carbons (Fsp3) is 0.0769. The van der Waals surface area contributed by atoms with Crippen LogP contribution in [0.3, 0.4) is 0 Å².